The number of carbonyl (C=O) groups is 3. The van der Waals surface area contributed by atoms with E-state index in [-0.39, 0.29) is 20.6 Å². The van der Waals surface area contributed by atoms with Gasteiger partial charge in [0.1, 0.15) is 20.3 Å². The summed E-state index contributed by atoms with van der Waals surface area (Å²) in [5.41, 5.74) is 2.32. The fraction of sp³-hybridized carbons (Fsp3) is 0.318. The molecular formula is C22H15Cl6NO5S. The zero-order valence-electron chi connectivity index (χ0n) is 17.8. The summed E-state index contributed by atoms with van der Waals surface area (Å²) in [6.07, 6.45) is 0. The van der Waals surface area contributed by atoms with Crippen LogP contribution in [-0.2, 0) is 14.3 Å². The molecule has 0 saturated heterocycles. The van der Waals surface area contributed by atoms with E-state index in [4.69, 9.17) is 74.3 Å². The van der Waals surface area contributed by atoms with Gasteiger partial charge in [0.15, 0.2) is 4.33 Å². The van der Waals surface area contributed by atoms with Crippen LogP contribution in [0.3, 0.4) is 0 Å². The molecule has 1 fully saturated rings. The topological polar surface area (TPSA) is 92.7 Å². The van der Waals surface area contributed by atoms with Gasteiger partial charge in [0.05, 0.1) is 29.0 Å². The van der Waals surface area contributed by atoms with Crippen molar-refractivity contribution >= 4 is 104 Å². The summed E-state index contributed by atoms with van der Waals surface area (Å²) < 4.78 is 2.68. The van der Waals surface area contributed by atoms with E-state index < -0.39 is 43.8 Å². The number of hydrogen-bond donors (Lipinski definition) is 2. The van der Waals surface area contributed by atoms with Gasteiger partial charge < -0.3 is 15.2 Å². The lowest BCUT2D eigenvalue weighted by molar-refractivity contribution is -0.146. The number of nitrogens with one attached hydrogen (secondary N) is 1. The van der Waals surface area contributed by atoms with Crippen LogP contribution in [0.1, 0.15) is 15.9 Å². The van der Waals surface area contributed by atoms with Gasteiger partial charge in [0.25, 0.3) is 0 Å². The molecule has 0 radical (unpaired) electrons. The van der Waals surface area contributed by atoms with E-state index in [2.05, 4.69) is 5.32 Å². The molecule has 13 heteroatoms. The van der Waals surface area contributed by atoms with Crippen LogP contribution in [0.4, 0.5) is 5.00 Å². The van der Waals surface area contributed by atoms with Crippen molar-refractivity contribution in [1.82, 2.24) is 0 Å². The number of alkyl halides is 4. The number of halogens is 6. The van der Waals surface area contributed by atoms with Crippen molar-refractivity contribution in [2.75, 3.05) is 12.4 Å². The first-order valence-electron chi connectivity index (χ1n) is 9.87. The second-order valence-corrected chi connectivity index (χ2v) is 12.3. The number of carboxylic acids is 1. The molecule has 186 valence electrons. The van der Waals surface area contributed by atoms with Gasteiger partial charge in [-0.15, -0.1) is 34.5 Å². The molecule has 4 rings (SSSR count). The Morgan fingerprint density at radius 2 is 1.54 bits per heavy atom. The predicted octanol–water partition coefficient (Wildman–Crippen LogP) is 6.61. The Hall–Kier alpha value is -1.19. The van der Waals surface area contributed by atoms with Crippen molar-refractivity contribution in [2.45, 2.75) is 21.0 Å². The molecule has 35 heavy (non-hydrogen) atoms. The maximum Gasteiger partial charge on any atom is 0.341 e. The van der Waals surface area contributed by atoms with Gasteiger partial charge >= 0.3 is 11.9 Å². The highest BCUT2D eigenvalue weighted by molar-refractivity contribution is 7.15. The number of ether oxygens (including phenoxy) is 1. The number of carboxylic acid groups (broad SMARTS) is 1. The van der Waals surface area contributed by atoms with Gasteiger partial charge in [-0.25, -0.2) is 4.79 Å². The van der Waals surface area contributed by atoms with Crippen LogP contribution in [0.2, 0.25) is 0 Å². The first-order chi connectivity index (χ1) is 16.2. The quantitative estimate of drug-likeness (QED) is 0.291. The average molecular weight is 618 g/mol. The van der Waals surface area contributed by atoms with Crippen molar-refractivity contribution in [3.8, 4) is 11.1 Å². The second-order valence-electron chi connectivity index (χ2n) is 8.12. The van der Waals surface area contributed by atoms with E-state index in [1.807, 2.05) is 31.2 Å². The number of amides is 1. The Morgan fingerprint density at radius 1 is 1.00 bits per heavy atom. The number of methoxy groups -OCH3 is 1. The number of allylic oxidation sites excluding steroid dienone is 2. The molecule has 0 spiro atoms. The highest BCUT2D eigenvalue weighted by Crippen LogP contribution is 2.76. The number of thiophene rings is 1. The summed E-state index contributed by atoms with van der Waals surface area (Å²) >= 11 is 39.8. The number of rotatable bonds is 5. The summed E-state index contributed by atoms with van der Waals surface area (Å²) in [4.78, 5) is 34.2. The Kier molecular flexibility index (Phi) is 6.89. The molecular weight excluding hydrogens is 603 g/mol. The maximum atomic E-state index is 13.6. The average Bonchev–Trinajstić information content (AvgIpc) is 3.30. The smallest absolute Gasteiger partial charge is 0.341 e. The van der Waals surface area contributed by atoms with Crippen molar-refractivity contribution in [2.24, 2.45) is 11.8 Å². The highest BCUT2D eigenvalue weighted by atomic mass is 35.5. The minimum Gasteiger partial charge on any atom is -0.481 e. The summed E-state index contributed by atoms with van der Waals surface area (Å²) in [7, 11) is 1.20. The predicted molar refractivity (Wildman–Crippen MR) is 139 cm³/mol. The van der Waals surface area contributed by atoms with E-state index in [1.165, 1.54) is 7.11 Å². The first kappa shape index (κ1) is 26.9. The normalized spacial score (nSPS) is 28.8. The largest absolute Gasteiger partial charge is 0.481 e. The van der Waals surface area contributed by atoms with Gasteiger partial charge in [-0.1, -0.05) is 76.2 Å². The van der Waals surface area contributed by atoms with E-state index in [0.717, 1.165) is 16.9 Å². The van der Waals surface area contributed by atoms with Crippen molar-refractivity contribution < 1.29 is 24.2 Å². The fourth-order valence-corrected chi connectivity index (χ4v) is 8.41. The van der Waals surface area contributed by atoms with Crippen LogP contribution in [0.5, 0.6) is 0 Å². The third kappa shape index (κ3) is 3.54. The van der Waals surface area contributed by atoms with Crippen LogP contribution in [0, 0.1) is 18.8 Å². The monoisotopic (exact) mass is 615 g/mol. The lowest BCUT2D eigenvalue weighted by Gasteiger charge is -2.33. The number of anilines is 1. The molecule has 1 aromatic carbocycles. The zero-order valence-corrected chi connectivity index (χ0v) is 23.1. The Morgan fingerprint density at radius 3 is 2.06 bits per heavy atom. The first-order valence-corrected chi connectivity index (χ1v) is 13.0. The second kappa shape index (κ2) is 8.98. The summed E-state index contributed by atoms with van der Waals surface area (Å²) in [5.74, 6) is -6.50. The van der Waals surface area contributed by atoms with Crippen molar-refractivity contribution in [1.29, 1.82) is 0 Å². The molecule has 2 bridgehead atoms. The third-order valence-corrected chi connectivity index (χ3v) is 11.4. The van der Waals surface area contributed by atoms with E-state index in [1.54, 1.807) is 5.38 Å². The summed E-state index contributed by atoms with van der Waals surface area (Å²) in [6, 6.07) is 7.38. The van der Waals surface area contributed by atoms with Crippen LogP contribution >= 0.6 is 80.9 Å². The van der Waals surface area contributed by atoms with Crippen LogP contribution in [0.15, 0.2) is 39.7 Å². The number of benzene rings is 1. The minimum atomic E-state index is -2.24. The number of aliphatic carboxylic acids is 1. The molecule has 1 aromatic heterocycles. The molecule has 2 aliphatic carbocycles. The molecule has 6 nitrogen and oxygen atoms in total. The maximum absolute atomic E-state index is 13.6. The highest BCUT2D eigenvalue weighted by Gasteiger charge is 2.85. The molecule has 2 aliphatic rings. The minimum absolute atomic E-state index is 0.0802. The molecule has 1 saturated carbocycles. The molecule has 2 N–H and O–H groups in total. The Balaban J connectivity index is 1.80. The van der Waals surface area contributed by atoms with E-state index in [9.17, 15) is 19.5 Å². The molecule has 0 aliphatic heterocycles. The lowest BCUT2D eigenvalue weighted by Crippen LogP contribution is -2.47. The van der Waals surface area contributed by atoms with Crippen LogP contribution in [0.25, 0.3) is 11.1 Å². The summed E-state index contributed by atoms with van der Waals surface area (Å²) in [5, 5.41) is 13.6. The molecule has 2 aromatic rings. The molecule has 1 amide bonds. The number of aryl methyl sites for hydroxylation is 1. The van der Waals surface area contributed by atoms with Crippen molar-refractivity contribution in [3.05, 3.63) is 50.8 Å². The van der Waals surface area contributed by atoms with Crippen LogP contribution in [-0.4, -0.2) is 44.1 Å². The summed E-state index contributed by atoms with van der Waals surface area (Å²) in [6.45, 7) is 1.92. The van der Waals surface area contributed by atoms with Gasteiger partial charge in [0.2, 0.25) is 5.91 Å². The lowest BCUT2D eigenvalue weighted by atomic mass is 9.81. The SMILES string of the molecule is COC(=O)c1c(-c2ccc(C)cc2)csc1NC(=O)[C@@H]1[C@H](C(=O)O)[C@@]2(Cl)C(Cl)=C(Cl)[C@@]1(Cl)C2(Cl)Cl. The van der Waals surface area contributed by atoms with Gasteiger partial charge in [0, 0.05) is 10.9 Å². The Bertz CT molecular complexity index is 1290. The molecule has 0 unspecified atom stereocenters. The number of carbonyl (C=O) groups excluding carboxylic acids is 2. The van der Waals surface area contributed by atoms with E-state index >= 15 is 0 Å². The van der Waals surface area contributed by atoms with Gasteiger partial charge in [-0.05, 0) is 12.5 Å². The third-order valence-electron chi connectivity index (χ3n) is 6.26. The zero-order chi connectivity index (χ0) is 26.1. The van der Waals surface area contributed by atoms with Gasteiger partial charge in [-0.2, -0.15) is 0 Å². The van der Waals surface area contributed by atoms with Crippen molar-refractivity contribution in [3.63, 3.8) is 0 Å². The van der Waals surface area contributed by atoms with Crippen LogP contribution < -0.4 is 5.32 Å². The molecule has 4 atom stereocenters. The molecule has 1 heterocycles. The van der Waals surface area contributed by atoms with E-state index in [0.29, 0.717) is 11.1 Å². The number of fused-ring (bicyclic) bond motifs is 2. The number of hydrogen-bond acceptors (Lipinski definition) is 5. The fourth-order valence-electron chi connectivity index (χ4n) is 4.52. The Labute approximate surface area is 234 Å². The number of esters is 1. The van der Waals surface area contributed by atoms with Gasteiger partial charge in [-0.3, -0.25) is 9.59 Å². The standard InChI is InChI=1S/C22H15Cl6NO5S/c1-8-3-5-9(6-4-8)10-7-35-17(11(10)19(33)34-2)29-16(30)12-13(18(31)32)21(26)15(24)14(23)20(12,25)22(21,27)28/h3-7,12-13H,1-2H3,(H,29,30)(H,31,32)/t12-,13+,20+,21+/m0/s1.